The van der Waals surface area contributed by atoms with Crippen LogP contribution in [0.5, 0.6) is 5.75 Å². The van der Waals surface area contributed by atoms with E-state index >= 15 is 0 Å². The molecule has 0 radical (unpaired) electrons. The zero-order chi connectivity index (χ0) is 23.5. The van der Waals surface area contributed by atoms with E-state index in [4.69, 9.17) is 18.0 Å². The Morgan fingerprint density at radius 3 is 2.52 bits per heavy atom. The van der Waals surface area contributed by atoms with Gasteiger partial charge in [0, 0.05) is 18.2 Å². The lowest BCUT2D eigenvalue weighted by atomic mass is 10.0. The lowest BCUT2D eigenvalue weighted by Crippen LogP contribution is -2.35. The number of rotatable bonds is 8. The monoisotopic (exact) mass is 450 g/mol. The van der Waals surface area contributed by atoms with Gasteiger partial charge in [0.25, 0.3) is 0 Å². The lowest BCUT2D eigenvalue weighted by molar-refractivity contribution is -0.120. The van der Waals surface area contributed by atoms with Crippen LogP contribution in [0, 0.1) is 6.92 Å². The molecule has 8 nitrogen and oxygen atoms in total. The SMILES string of the molecule is COc1ccc(-c2oc3c(=O)cc(C)oc3c2CC(=O)NCC(c2ccco2)N(C)C)cc1. The van der Waals surface area contributed by atoms with Crippen LogP contribution in [-0.2, 0) is 11.2 Å². The summed E-state index contributed by atoms with van der Waals surface area (Å²) in [6.45, 7) is 2.05. The van der Waals surface area contributed by atoms with Crippen LogP contribution in [0.2, 0.25) is 0 Å². The van der Waals surface area contributed by atoms with Crippen molar-refractivity contribution in [3.63, 3.8) is 0 Å². The van der Waals surface area contributed by atoms with Crippen molar-refractivity contribution in [1.82, 2.24) is 10.2 Å². The molecule has 1 N–H and O–H groups in total. The first-order valence-electron chi connectivity index (χ1n) is 10.5. The van der Waals surface area contributed by atoms with Crippen LogP contribution in [-0.4, -0.2) is 38.6 Å². The van der Waals surface area contributed by atoms with Crippen LogP contribution in [0.25, 0.3) is 22.5 Å². The zero-order valence-electron chi connectivity index (χ0n) is 19.0. The Kier molecular flexibility index (Phi) is 6.37. The number of hydrogen-bond donors (Lipinski definition) is 1. The number of aryl methyl sites for hydroxylation is 1. The summed E-state index contributed by atoms with van der Waals surface area (Å²) in [4.78, 5) is 27.4. The Morgan fingerprint density at radius 1 is 1.12 bits per heavy atom. The van der Waals surface area contributed by atoms with E-state index in [0.717, 1.165) is 5.76 Å². The molecule has 4 rings (SSSR count). The van der Waals surface area contributed by atoms with Gasteiger partial charge in [0.2, 0.25) is 16.9 Å². The number of hydrogen-bond acceptors (Lipinski definition) is 7. The van der Waals surface area contributed by atoms with Crippen LogP contribution in [0.15, 0.2) is 66.8 Å². The largest absolute Gasteiger partial charge is 0.497 e. The fourth-order valence-electron chi connectivity index (χ4n) is 3.75. The summed E-state index contributed by atoms with van der Waals surface area (Å²) in [5.74, 6) is 2.09. The molecule has 1 atom stereocenters. The van der Waals surface area contributed by atoms with E-state index in [1.165, 1.54) is 6.07 Å². The summed E-state index contributed by atoms with van der Waals surface area (Å²) < 4.78 is 22.5. The van der Waals surface area contributed by atoms with Gasteiger partial charge < -0.3 is 23.3 Å². The van der Waals surface area contributed by atoms with E-state index in [9.17, 15) is 9.59 Å². The Hall–Kier alpha value is -3.78. The molecule has 0 bridgehead atoms. The Bertz CT molecular complexity index is 1300. The van der Waals surface area contributed by atoms with Crippen molar-refractivity contribution in [2.45, 2.75) is 19.4 Å². The molecular weight excluding hydrogens is 424 g/mol. The second kappa shape index (κ2) is 9.38. The third-order valence-corrected chi connectivity index (χ3v) is 5.46. The van der Waals surface area contributed by atoms with Gasteiger partial charge in [-0.05, 0) is 57.4 Å². The maximum Gasteiger partial charge on any atom is 0.228 e. The van der Waals surface area contributed by atoms with Crippen molar-refractivity contribution in [1.29, 1.82) is 0 Å². The number of nitrogens with one attached hydrogen (secondary N) is 1. The van der Waals surface area contributed by atoms with E-state index in [1.54, 1.807) is 32.4 Å². The number of benzene rings is 1. The van der Waals surface area contributed by atoms with Gasteiger partial charge in [-0.25, -0.2) is 0 Å². The highest BCUT2D eigenvalue weighted by molar-refractivity contribution is 5.90. The maximum absolute atomic E-state index is 13.0. The van der Waals surface area contributed by atoms with Crippen molar-refractivity contribution in [3.05, 3.63) is 76.0 Å². The number of carbonyl (C=O) groups is 1. The minimum atomic E-state index is -0.291. The summed E-state index contributed by atoms with van der Waals surface area (Å²) in [5, 5.41) is 2.96. The molecule has 4 aromatic rings. The molecule has 0 aliphatic carbocycles. The van der Waals surface area contributed by atoms with Gasteiger partial charge in [0.1, 0.15) is 23.0 Å². The van der Waals surface area contributed by atoms with E-state index in [2.05, 4.69) is 5.32 Å². The van der Waals surface area contributed by atoms with Crippen LogP contribution >= 0.6 is 0 Å². The van der Waals surface area contributed by atoms with E-state index in [0.29, 0.717) is 34.9 Å². The number of furan rings is 2. The maximum atomic E-state index is 13.0. The molecule has 172 valence electrons. The zero-order valence-corrected chi connectivity index (χ0v) is 19.0. The molecule has 8 heteroatoms. The summed E-state index contributed by atoms with van der Waals surface area (Å²) in [6.07, 6.45) is 1.59. The fraction of sp³-hybridized carbons (Fsp3) is 0.280. The number of amides is 1. The molecule has 0 saturated carbocycles. The molecule has 33 heavy (non-hydrogen) atoms. The molecule has 0 spiro atoms. The third kappa shape index (κ3) is 4.70. The van der Waals surface area contributed by atoms with Gasteiger partial charge in [-0.2, -0.15) is 0 Å². The van der Waals surface area contributed by atoms with Gasteiger partial charge >= 0.3 is 0 Å². The van der Waals surface area contributed by atoms with Crippen molar-refractivity contribution < 1.29 is 22.8 Å². The first kappa shape index (κ1) is 22.4. The molecule has 0 saturated heterocycles. The Morgan fingerprint density at radius 2 is 1.88 bits per heavy atom. The highest BCUT2D eigenvalue weighted by atomic mass is 16.5. The molecule has 3 heterocycles. The Labute approximate surface area is 190 Å². The lowest BCUT2D eigenvalue weighted by Gasteiger charge is -2.22. The van der Waals surface area contributed by atoms with Crippen molar-refractivity contribution in [3.8, 4) is 17.1 Å². The highest BCUT2D eigenvalue weighted by Crippen LogP contribution is 2.34. The molecule has 0 aliphatic heterocycles. The van der Waals surface area contributed by atoms with Crippen LogP contribution in [0.4, 0.5) is 0 Å². The second-order valence-electron chi connectivity index (χ2n) is 7.99. The molecule has 1 aromatic carbocycles. The summed E-state index contributed by atoms with van der Waals surface area (Å²) in [7, 11) is 5.42. The second-order valence-corrected chi connectivity index (χ2v) is 7.99. The minimum absolute atomic E-state index is 0.0148. The molecule has 3 aromatic heterocycles. The van der Waals surface area contributed by atoms with Gasteiger partial charge in [-0.15, -0.1) is 0 Å². The van der Waals surface area contributed by atoms with E-state index < -0.39 is 0 Å². The van der Waals surface area contributed by atoms with Crippen LogP contribution in [0.3, 0.4) is 0 Å². The third-order valence-electron chi connectivity index (χ3n) is 5.46. The predicted molar refractivity (Wildman–Crippen MR) is 123 cm³/mol. The topological polar surface area (TPSA) is 98.1 Å². The van der Waals surface area contributed by atoms with E-state index in [-0.39, 0.29) is 35.0 Å². The molecular formula is C25H26N2O6. The van der Waals surface area contributed by atoms with E-state index in [1.807, 2.05) is 43.3 Å². The number of nitrogens with zero attached hydrogens (tertiary/aromatic N) is 1. The number of fused-ring (bicyclic) bond motifs is 1. The molecule has 0 aliphatic rings. The summed E-state index contributed by atoms with van der Waals surface area (Å²) in [6, 6.07) is 12.2. The van der Waals surface area contributed by atoms with Gasteiger partial charge in [-0.1, -0.05) is 0 Å². The molecule has 1 unspecified atom stereocenters. The quantitative estimate of drug-likeness (QED) is 0.434. The average Bonchev–Trinajstić information content (AvgIpc) is 3.43. The van der Waals surface area contributed by atoms with Crippen LogP contribution in [0.1, 0.15) is 23.1 Å². The fourth-order valence-corrected chi connectivity index (χ4v) is 3.75. The summed E-state index contributed by atoms with van der Waals surface area (Å²) in [5.41, 5.74) is 1.32. The summed E-state index contributed by atoms with van der Waals surface area (Å²) >= 11 is 0. The smallest absolute Gasteiger partial charge is 0.228 e. The van der Waals surface area contributed by atoms with Gasteiger partial charge in [0.15, 0.2) is 5.58 Å². The highest BCUT2D eigenvalue weighted by Gasteiger charge is 2.24. The number of ether oxygens (including phenoxy) is 1. The van der Waals surface area contributed by atoms with Crippen molar-refractivity contribution in [2.75, 3.05) is 27.7 Å². The average molecular weight is 450 g/mol. The minimum Gasteiger partial charge on any atom is -0.497 e. The normalized spacial score (nSPS) is 12.3. The van der Waals surface area contributed by atoms with Crippen molar-refractivity contribution in [2.24, 2.45) is 0 Å². The number of carbonyl (C=O) groups excluding carboxylic acids is 1. The first-order valence-corrected chi connectivity index (χ1v) is 10.5. The van der Waals surface area contributed by atoms with Crippen molar-refractivity contribution >= 4 is 17.1 Å². The Balaban J connectivity index is 1.65. The molecule has 1 amide bonds. The number of methoxy groups -OCH3 is 1. The van der Waals surface area contributed by atoms with Gasteiger partial charge in [-0.3, -0.25) is 14.5 Å². The predicted octanol–water partition coefficient (Wildman–Crippen LogP) is 3.92. The van der Waals surface area contributed by atoms with Crippen LogP contribution < -0.4 is 15.5 Å². The number of likely N-dealkylation sites (N-methyl/N-ethyl adjacent to an activating group) is 1. The van der Waals surface area contributed by atoms with Gasteiger partial charge in [0.05, 0.1) is 31.4 Å². The molecule has 0 fully saturated rings. The standard InChI is InChI=1S/C25H26N2O6/c1-15-12-20(28)25-24(32-15)18(23(33-25)16-7-9-17(30-4)10-8-16)13-22(29)26-14-19(27(2)3)21-6-5-11-31-21/h5-12,19H,13-14H2,1-4H3,(H,26,29). The first-order chi connectivity index (χ1) is 15.9.